The van der Waals surface area contributed by atoms with Crippen molar-refractivity contribution < 1.29 is 9.53 Å². The van der Waals surface area contributed by atoms with Crippen LogP contribution in [0, 0.1) is 0 Å². The summed E-state index contributed by atoms with van der Waals surface area (Å²) in [6, 6.07) is 0.476. The first-order chi connectivity index (χ1) is 6.70. The topological polar surface area (TPSA) is 29.5 Å². The van der Waals surface area contributed by atoms with Gasteiger partial charge in [0.2, 0.25) is 5.91 Å². The molecular weight excluding hydrogens is 246 g/mol. The number of hydrogen-bond acceptors (Lipinski definition) is 2. The Labute approximate surface area is 93.9 Å². The molecule has 0 saturated heterocycles. The number of rotatable bonds is 6. The molecule has 1 rings (SSSR count). The molecule has 3 nitrogen and oxygen atoms in total. The van der Waals surface area contributed by atoms with Crippen LogP contribution in [-0.2, 0) is 9.53 Å². The van der Waals surface area contributed by atoms with Crippen LogP contribution in [0.5, 0.6) is 0 Å². The number of hydrogen-bond donors (Lipinski definition) is 0. The molecular formula is C10H18BrNO2. The Balaban J connectivity index is 2.44. The molecule has 1 amide bonds. The van der Waals surface area contributed by atoms with Crippen molar-refractivity contribution in [1.29, 1.82) is 0 Å². The largest absolute Gasteiger partial charge is 0.383 e. The van der Waals surface area contributed by atoms with Gasteiger partial charge in [-0.1, -0.05) is 22.9 Å². The molecule has 0 aromatic carbocycles. The molecule has 1 fully saturated rings. The number of carbonyl (C=O) groups excluding carboxylic acids is 1. The smallest absolute Gasteiger partial charge is 0.236 e. The highest BCUT2D eigenvalue weighted by Crippen LogP contribution is 2.28. The first-order valence-electron chi connectivity index (χ1n) is 5.14. The molecule has 0 spiro atoms. The van der Waals surface area contributed by atoms with Crippen LogP contribution < -0.4 is 0 Å². The molecule has 0 heterocycles. The Kier molecular flexibility index (Phi) is 4.89. The van der Waals surface area contributed by atoms with Crippen LogP contribution in [-0.4, -0.2) is 41.9 Å². The minimum Gasteiger partial charge on any atom is -0.383 e. The summed E-state index contributed by atoms with van der Waals surface area (Å²) in [5, 5.41) is 0. The van der Waals surface area contributed by atoms with Crippen LogP contribution in [0.4, 0.5) is 0 Å². The van der Waals surface area contributed by atoms with E-state index in [1.807, 2.05) is 11.8 Å². The minimum absolute atomic E-state index is 0.0278. The van der Waals surface area contributed by atoms with Crippen LogP contribution in [0.2, 0.25) is 0 Å². The van der Waals surface area contributed by atoms with E-state index < -0.39 is 0 Å². The zero-order chi connectivity index (χ0) is 10.6. The summed E-state index contributed by atoms with van der Waals surface area (Å²) in [5.74, 6) is 0.215. The van der Waals surface area contributed by atoms with Gasteiger partial charge < -0.3 is 9.64 Å². The molecule has 1 atom stereocenters. The normalized spacial score (nSPS) is 17.9. The van der Waals surface area contributed by atoms with E-state index in [9.17, 15) is 4.79 Å². The molecule has 0 bridgehead atoms. The predicted molar refractivity (Wildman–Crippen MR) is 59.6 cm³/mol. The summed E-state index contributed by atoms with van der Waals surface area (Å²) in [6.07, 6.45) is 3.15. The second kappa shape index (κ2) is 5.71. The van der Waals surface area contributed by atoms with Gasteiger partial charge >= 0.3 is 0 Å². The van der Waals surface area contributed by atoms with E-state index in [1.165, 1.54) is 0 Å². The summed E-state index contributed by atoms with van der Waals surface area (Å²) in [5.41, 5.74) is 0. The molecule has 0 aliphatic heterocycles. The average Bonchev–Trinajstić information content (AvgIpc) is 3.01. The minimum atomic E-state index is -0.0278. The molecule has 1 aliphatic rings. The molecule has 82 valence electrons. The maximum Gasteiger partial charge on any atom is 0.236 e. The van der Waals surface area contributed by atoms with E-state index in [0.717, 1.165) is 25.8 Å². The lowest BCUT2D eigenvalue weighted by molar-refractivity contribution is -0.131. The Morgan fingerprint density at radius 1 is 1.64 bits per heavy atom. The van der Waals surface area contributed by atoms with Gasteiger partial charge in [-0.15, -0.1) is 0 Å². The SMILES string of the molecule is CCC(Br)C(=O)N(CCOC)C1CC1. The van der Waals surface area contributed by atoms with Gasteiger partial charge in [0, 0.05) is 19.7 Å². The maximum atomic E-state index is 11.9. The Morgan fingerprint density at radius 3 is 2.71 bits per heavy atom. The van der Waals surface area contributed by atoms with Crippen LogP contribution >= 0.6 is 15.9 Å². The van der Waals surface area contributed by atoms with Gasteiger partial charge in [-0.3, -0.25) is 4.79 Å². The fourth-order valence-corrected chi connectivity index (χ4v) is 1.67. The standard InChI is InChI=1S/C10H18BrNO2/c1-3-9(11)10(13)12(6-7-14-2)8-4-5-8/h8-9H,3-7H2,1-2H3. The van der Waals surface area contributed by atoms with Crippen molar-refractivity contribution in [2.24, 2.45) is 0 Å². The Hall–Kier alpha value is -0.0900. The van der Waals surface area contributed by atoms with Gasteiger partial charge in [-0.25, -0.2) is 0 Å². The summed E-state index contributed by atoms with van der Waals surface area (Å²) < 4.78 is 5.00. The van der Waals surface area contributed by atoms with Crippen molar-refractivity contribution in [3.8, 4) is 0 Å². The van der Waals surface area contributed by atoms with Gasteiger partial charge in [-0.05, 0) is 19.3 Å². The first-order valence-corrected chi connectivity index (χ1v) is 6.05. The second-order valence-electron chi connectivity index (χ2n) is 3.63. The summed E-state index contributed by atoms with van der Waals surface area (Å²) in [7, 11) is 1.67. The van der Waals surface area contributed by atoms with Crippen LogP contribution in [0.3, 0.4) is 0 Å². The number of carbonyl (C=O) groups is 1. The molecule has 1 saturated carbocycles. The lowest BCUT2D eigenvalue weighted by Gasteiger charge is -2.24. The molecule has 14 heavy (non-hydrogen) atoms. The number of ether oxygens (including phenoxy) is 1. The lowest BCUT2D eigenvalue weighted by Crippen LogP contribution is -2.40. The zero-order valence-electron chi connectivity index (χ0n) is 8.83. The Morgan fingerprint density at radius 2 is 2.29 bits per heavy atom. The highest BCUT2D eigenvalue weighted by molar-refractivity contribution is 9.10. The van der Waals surface area contributed by atoms with Crippen molar-refractivity contribution >= 4 is 21.8 Å². The average molecular weight is 264 g/mol. The molecule has 0 aromatic rings. The van der Waals surface area contributed by atoms with Gasteiger partial charge in [0.25, 0.3) is 0 Å². The van der Waals surface area contributed by atoms with Gasteiger partial charge in [-0.2, -0.15) is 0 Å². The van der Waals surface area contributed by atoms with Gasteiger partial charge in [0.1, 0.15) is 0 Å². The highest BCUT2D eigenvalue weighted by Gasteiger charge is 2.34. The van der Waals surface area contributed by atoms with E-state index in [-0.39, 0.29) is 10.7 Å². The van der Waals surface area contributed by atoms with Crippen molar-refractivity contribution in [3.05, 3.63) is 0 Å². The monoisotopic (exact) mass is 263 g/mol. The van der Waals surface area contributed by atoms with Crippen LogP contribution in [0.1, 0.15) is 26.2 Å². The molecule has 0 aromatic heterocycles. The Bertz CT molecular complexity index is 195. The molecule has 4 heteroatoms. The van der Waals surface area contributed by atoms with Gasteiger partial charge in [0.05, 0.1) is 11.4 Å². The van der Waals surface area contributed by atoms with E-state index >= 15 is 0 Å². The maximum absolute atomic E-state index is 11.9. The first kappa shape index (κ1) is 12.0. The summed E-state index contributed by atoms with van der Waals surface area (Å²) >= 11 is 3.40. The number of amides is 1. The second-order valence-corrected chi connectivity index (χ2v) is 4.74. The third kappa shape index (κ3) is 3.24. The van der Waals surface area contributed by atoms with Crippen LogP contribution in [0.15, 0.2) is 0 Å². The number of nitrogens with zero attached hydrogens (tertiary/aromatic N) is 1. The molecule has 1 aliphatic carbocycles. The van der Waals surface area contributed by atoms with E-state index in [0.29, 0.717) is 12.6 Å². The van der Waals surface area contributed by atoms with Crippen molar-refractivity contribution in [2.45, 2.75) is 37.1 Å². The van der Waals surface area contributed by atoms with Crippen LogP contribution in [0.25, 0.3) is 0 Å². The van der Waals surface area contributed by atoms with Gasteiger partial charge in [0.15, 0.2) is 0 Å². The third-order valence-electron chi connectivity index (χ3n) is 2.43. The molecule has 0 radical (unpaired) electrons. The quantitative estimate of drug-likeness (QED) is 0.684. The predicted octanol–water partition coefficient (Wildman–Crippen LogP) is 1.80. The lowest BCUT2D eigenvalue weighted by atomic mass is 10.3. The number of alkyl halides is 1. The summed E-state index contributed by atoms with van der Waals surface area (Å²) in [4.78, 5) is 13.8. The van der Waals surface area contributed by atoms with E-state index in [2.05, 4.69) is 15.9 Å². The highest BCUT2D eigenvalue weighted by atomic mass is 79.9. The van der Waals surface area contributed by atoms with Crippen molar-refractivity contribution in [3.63, 3.8) is 0 Å². The zero-order valence-corrected chi connectivity index (χ0v) is 10.4. The van der Waals surface area contributed by atoms with Crippen molar-refractivity contribution in [2.75, 3.05) is 20.3 Å². The van der Waals surface area contributed by atoms with E-state index in [1.54, 1.807) is 7.11 Å². The third-order valence-corrected chi connectivity index (χ3v) is 3.47. The fourth-order valence-electron chi connectivity index (χ4n) is 1.40. The van der Waals surface area contributed by atoms with Crippen molar-refractivity contribution in [1.82, 2.24) is 4.90 Å². The number of halogens is 1. The number of methoxy groups -OCH3 is 1. The molecule has 1 unspecified atom stereocenters. The molecule has 0 N–H and O–H groups in total. The van der Waals surface area contributed by atoms with E-state index in [4.69, 9.17) is 4.74 Å². The fraction of sp³-hybridized carbons (Fsp3) is 0.900. The summed E-state index contributed by atoms with van der Waals surface area (Å²) in [6.45, 7) is 3.37.